The highest BCUT2D eigenvalue weighted by Gasteiger charge is 2.26. The third-order valence-corrected chi connectivity index (χ3v) is 5.44. The van der Waals surface area contributed by atoms with Crippen LogP contribution >= 0.6 is 58.0 Å². The van der Waals surface area contributed by atoms with Crippen molar-refractivity contribution >= 4 is 81.6 Å². The molecule has 32 heavy (non-hydrogen) atoms. The molecule has 0 amide bonds. The topological polar surface area (TPSA) is 89.1 Å². The van der Waals surface area contributed by atoms with Gasteiger partial charge in [0.05, 0.1) is 37.7 Å². The fourth-order valence-electron chi connectivity index (χ4n) is 2.53. The molecule has 0 radical (unpaired) electrons. The minimum Gasteiger partial charge on any atom is -0.360 e. The molecule has 3 aromatic rings. The number of aryl methyl sites for hydroxylation is 1. The molecule has 3 rings (SSSR count). The Hall–Kier alpha value is -2.29. The summed E-state index contributed by atoms with van der Waals surface area (Å²) < 4.78 is 5.14. The molecule has 0 saturated heterocycles. The van der Waals surface area contributed by atoms with Crippen molar-refractivity contribution in [1.29, 1.82) is 0 Å². The summed E-state index contributed by atoms with van der Waals surface area (Å²) in [6.45, 7) is 3.17. The van der Waals surface area contributed by atoms with Crippen LogP contribution in [0.5, 0.6) is 0 Å². The first kappa shape index (κ1) is 24.4. The van der Waals surface area contributed by atoms with Crippen molar-refractivity contribution in [2.75, 3.05) is 5.43 Å². The summed E-state index contributed by atoms with van der Waals surface area (Å²) in [5, 5.41) is 13.2. The molecule has 0 saturated carbocycles. The number of nitrogens with zero attached hydrogens (tertiary/aromatic N) is 3. The first-order valence-corrected chi connectivity index (χ1v) is 10.7. The van der Waals surface area contributed by atoms with E-state index in [0.29, 0.717) is 32.0 Å². The summed E-state index contributed by atoms with van der Waals surface area (Å²) in [5.74, 6) is -0.592. The molecule has 0 aliphatic heterocycles. The zero-order chi connectivity index (χ0) is 23.4. The van der Waals surface area contributed by atoms with E-state index in [9.17, 15) is 4.79 Å². The maximum atomic E-state index is 12.6. The zero-order valence-electron chi connectivity index (χ0n) is 16.4. The fraction of sp³-hybridized carbons (Fsp3) is 0.100. The molecule has 0 spiro atoms. The van der Waals surface area contributed by atoms with Crippen molar-refractivity contribution < 1.29 is 14.2 Å². The molecule has 166 valence electrons. The normalized spacial score (nSPS) is 11.8. The lowest BCUT2D eigenvalue weighted by Crippen LogP contribution is -2.06. The Morgan fingerprint density at radius 2 is 1.72 bits per heavy atom. The SMILES string of the molecule is CC(/C=N\OC(=O)c1c(-c2c(Cl)cccc2Cl)noc1C)=N/Nc1c(Cl)cc(Cl)cc1Cl. The lowest BCUT2D eigenvalue weighted by molar-refractivity contribution is 0.0518. The van der Waals surface area contributed by atoms with Crippen molar-refractivity contribution in [3.05, 3.63) is 66.8 Å². The first-order valence-electron chi connectivity index (χ1n) is 8.79. The van der Waals surface area contributed by atoms with Crippen molar-refractivity contribution in [3.63, 3.8) is 0 Å². The molecule has 12 heteroatoms. The molecule has 2 aromatic carbocycles. The van der Waals surface area contributed by atoms with E-state index in [1.807, 2.05) is 0 Å². The fourth-order valence-corrected chi connectivity index (χ4v) is 4.00. The maximum absolute atomic E-state index is 12.6. The highest BCUT2D eigenvalue weighted by molar-refractivity contribution is 6.42. The summed E-state index contributed by atoms with van der Waals surface area (Å²) in [7, 11) is 0. The van der Waals surface area contributed by atoms with Crippen LogP contribution in [-0.4, -0.2) is 23.1 Å². The average molecular weight is 535 g/mol. The van der Waals surface area contributed by atoms with Gasteiger partial charge in [0.2, 0.25) is 0 Å². The van der Waals surface area contributed by atoms with Gasteiger partial charge in [0, 0.05) is 10.6 Å². The van der Waals surface area contributed by atoms with Gasteiger partial charge in [0.15, 0.2) is 0 Å². The van der Waals surface area contributed by atoms with Gasteiger partial charge in [-0.1, -0.05) is 74.4 Å². The number of oxime groups is 1. The van der Waals surface area contributed by atoms with E-state index >= 15 is 0 Å². The van der Waals surface area contributed by atoms with Crippen molar-refractivity contribution in [3.8, 4) is 11.3 Å². The van der Waals surface area contributed by atoms with Gasteiger partial charge in [0.25, 0.3) is 0 Å². The van der Waals surface area contributed by atoms with E-state index in [0.717, 1.165) is 0 Å². The summed E-state index contributed by atoms with van der Waals surface area (Å²) in [5.41, 5.74) is 3.97. The van der Waals surface area contributed by atoms with Gasteiger partial charge in [-0.3, -0.25) is 5.43 Å². The molecule has 0 unspecified atom stereocenters. The van der Waals surface area contributed by atoms with Crippen LogP contribution in [0.2, 0.25) is 25.1 Å². The van der Waals surface area contributed by atoms with E-state index in [2.05, 4.69) is 20.8 Å². The molecule has 0 bridgehead atoms. The Bertz CT molecular complexity index is 1200. The molecule has 1 aromatic heterocycles. The van der Waals surface area contributed by atoms with Crippen molar-refractivity contribution in [1.82, 2.24) is 5.16 Å². The minimum absolute atomic E-state index is 0.0459. The monoisotopic (exact) mass is 532 g/mol. The molecule has 1 N–H and O–H groups in total. The van der Waals surface area contributed by atoms with Crippen molar-refractivity contribution in [2.24, 2.45) is 10.3 Å². The van der Waals surface area contributed by atoms with Crippen LogP contribution in [0, 0.1) is 6.92 Å². The quantitative estimate of drug-likeness (QED) is 0.200. The lowest BCUT2D eigenvalue weighted by atomic mass is 10.1. The van der Waals surface area contributed by atoms with Gasteiger partial charge in [-0.2, -0.15) is 5.10 Å². The van der Waals surface area contributed by atoms with E-state index in [1.165, 1.54) is 18.3 Å². The number of aromatic nitrogens is 1. The minimum atomic E-state index is -0.810. The Labute approximate surface area is 207 Å². The number of halogens is 5. The molecule has 1 heterocycles. The molecule has 0 aliphatic carbocycles. The molecule has 0 aliphatic rings. The highest BCUT2D eigenvalue weighted by atomic mass is 35.5. The summed E-state index contributed by atoms with van der Waals surface area (Å²) in [6, 6.07) is 7.94. The highest BCUT2D eigenvalue weighted by Crippen LogP contribution is 2.37. The summed E-state index contributed by atoms with van der Waals surface area (Å²) in [6.07, 6.45) is 1.22. The van der Waals surface area contributed by atoms with Crippen LogP contribution in [0.25, 0.3) is 11.3 Å². The number of rotatable bonds is 6. The summed E-state index contributed by atoms with van der Waals surface area (Å²) in [4.78, 5) is 17.6. The number of carbonyl (C=O) groups excluding carboxylic acids is 1. The second kappa shape index (κ2) is 10.6. The maximum Gasteiger partial charge on any atom is 0.371 e. The Morgan fingerprint density at radius 1 is 1.09 bits per heavy atom. The molecular formula is C20H13Cl5N4O3. The van der Waals surface area contributed by atoms with E-state index in [4.69, 9.17) is 67.4 Å². The number of nitrogens with one attached hydrogen (secondary N) is 1. The zero-order valence-corrected chi connectivity index (χ0v) is 20.2. The number of hydrogen-bond acceptors (Lipinski definition) is 7. The lowest BCUT2D eigenvalue weighted by Gasteiger charge is -2.07. The van der Waals surface area contributed by atoms with Crippen molar-refractivity contribution in [2.45, 2.75) is 13.8 Å². The standard InChI is InChI=1S/C20H13Cl5N4O3/c1-9(27-28-18-14(24)6-11(21)7-15(18)25)8-26-32-20(30)16-10(2)31-29-19(16)17-12(22)4-3-5-13(17)23/h3-8,28H,1-2H3/b26-8-,27-9-. The Morgan fingerprint density at radius 3 is 2.34 bits per heavy atom. The average Bonchev–Trinajstić information content (AvgIpc) is 3.08. The van der Waals surface area contributed by atoms with Gasteiger partial charge < -0.3 is 9.36 Å². The van der Waals surface area contributed by atoms with Gasteiger partial charge in [0.1, 0.15) is 17.0 Å². The van der Waals surface area contributed by atoms with Crippen LogP contribution in [0.1, 0.15) is 23.0 Å². The smallest absolute Gasteiger partial charge is 0.360 e. The van der Waals surface area contributed by atoms with Crippen LogP contribution in [0.4, 0.5) is 5.69 Å². The van der Waals surface area contributed by atoms with E-state index < -0.39 is 5.97 Å². The van der Waals surface area contributed by atoms with Crippen LogP contribution < -0.4 is 5.43 Å². The molecule has 0 atom stereocenters. The summed E-state index contributed by atoms with van der Waals surface area (Å²) >= 11 is 30.5. The van der Waals surface area contributed by atoms with Gasteiger partial charge in [-0.15, -0.1) is 0 Å². The van der Waals surface area contributed by atoms with E-state index in [-0.39, 0.29) is 27.1 Å². The number of hydrogen-bond donors (Lipinski definition) is 1. The van der Waals surface area contributed by atoms with Crippen LogP contribution in [0.15, 0.2) is 45.1 Å². The van der Waals surface area contributed by atoms with Gasteiger partial charge in [-0.25, -0.2) is 4.79 Å². The largest absolute Gasteiger partial charge is 0.371 e. The number of carbonyl (C=O) groups is 1. The number of benzene rings is 2. The predicted octanol–water partition coefficient (Wildman–Crippen LogP) is 7.55. The Balaban J connectivity index is 1.74. The number of hydrazone groups is 1. The first-order chi connectivity index (χ1) is 15.2. The Kier molecular flexibility index (Phi) is 8.03. The number of anilines is 1. The van der Waals surface area contributed by atoms with Crippen LogP contribution in [-0.2, 0) is 4.84 Å². The molecular weight excluding hydrogens is 522 g/mol. The molecule has 7 nitrogen and oxygen atoms in total. The van der Waals surface area contributed by atoms with Gasteiger partial charge >= 0.3 is 5.97 Å². The van der Waals surface area contributed by atoms with E-state index in [1.54, 1.807) is 32.0 Å². The third kappa shape index (κ3) is 5.54. The second-order valence-corrected chi connectivity index (χ2v) is 8.35. The van der Waals surface area contributed by atoms with Crippen LogP contribution in [0.3, 0.4) is 0 Å². The van der Waals surface area contributed by atoms with Gasteiger partial charge in [-0.05, 0) is 38.1 Å². The molecule has 0 fully saturated rings. The predicted molar refractivity (Wildman–Crippen MR) is 129 cm³/mol. The second-order valence-electron chi connectivity index (χ2n) is 6.28. The third-order valence-electron chi connectivity index (χ3n) is 3.99.